The number of amides is 2. The summed E-state index contributed by atoms with van der Waals surface area (Å²) in [6.07, 6.45) is 2.94. The van der Waals surface area contributed by atoms with Crippen molar-refractivity contribution in [3.05, 3.63) is 66.2 Å². The molecule has 0 unspecified atom stereocenters. The van der Waals surface area contributed by atoms with Crippen molar-refractivity contribution in [2.24, 2.45) is 0 Å². The first-order valence-electron chi connectivity index (χ1n) is 8.31. The lowest BCUT2D eigenvalue weighted by atomic mass is 10.2. The average Bonchev–Trinajstić information content (AvgIpc) is 3.22. The van der Waals surface area contributed by atoms with Crippen LogP contribution in [0.2, 0.25) is 0 Å². The summed E-state index contributed by atoms with van der Waals surface area (Å²) in [5, 5.41) is 12.0. The fourth-order valence-corrected chi connectivity index (χ4v) is 2.56. The second-order valence-corrected chi connectivity index (χ2v) is 5.89. The summed E-state index contributed by atoms with van der Waals surface area (Å²) in [4.78, 5) is 12.9. The van der Waals surface area contributed by atoms with Crippen molar-refractivity contribution in [1.82, 2.24) is 14.9 Å². The fraction of sp³-hybridized carbons (Fsp3) is 0.211. The van der Waals surface area contributed by atoms with Crippen LogP contribution in [0.3, 0.4) is 0 Å². The van der Waals surface area contributed by atoms with Crippen LogP contribution in [0.15, 0.2) is 55.1 Å². The maximum Gasteiger partial charge on any atom is 0.341 e. The van der Waals surface area contributed by atoms with Crippen LogP contribution in [0.4, 0.5) is 10.5 Å². The van der Waals surface area contributed by atoms with Crippen LogP contribution in [0, 0.1) is 6.92 Å². The molecular weight excluding hydrogens is 346 g/mol. The Bertz CT molecular complexity index is 894. The van der Waals surface area contributed by atoms with Gasteiger partial charge in [-0.3, -0.25) is 0 Å². The Kier molecular flexibility index (Phi) is 5.55. The molecule has 3 aromatic rings. The fourth-order valence-electron chi connectivity index (χ4n) is 2.56. The molecule has 27 heavy (non-hydrogen) atoms. The van der Waals surface area contributed by atoms with Gasteiger partial charge in [0.2, 0.25) is 0 Å². The highest BCUT2D eigenvalue weighted by Gasteiger charge is 2.17. The van der Waals surface area contributed by atoms with Crippen molar-refractivity contribution >= 4 is 11.7 Å². The van der Waals surface area contributed by atoms with E-state index in [4.69, 9.17) is 9.47 Å². The lowest BCUT2D eigenvalue weighted by Crippen LogP contribution is -2.42. The third-order valence-electron chi connectivity index (χ3n) is 4.00. The van der Waals surface area contributed by atoms with Crippen LogP contribution in [0.1, 0.15) is 11.1 Å². The van der Waals surface area contributed by atoms with Crippen LogP contribution in [-0.2, 0) is 6.54 Å². The minimum atomic E-state index is -0.312. The molecule has 3 rings (SSSR count). The molecule has 2 amide bonds. The number of aromatic nitrogens is 3. The van der Waals surface area contributed by atoms with Crippen LogP contribution in [-0.4, -0.2) is 35.1 Å². The summed E-state index contributed by atoms with van der Waals surface area (Å²) in [6, 6.07) is 12.8. The molecule has 8 heteroatoms. The number of urea groups is 1. The lowest BCUT2D eigenvalue weighted by molar-refractivity contribution is 0.251. The lowest BCUT2D eigenvalue weighted by Gasteiger charge is -2.23. The van der Waals surface area contributed by atoms with Crippen LogP contribution in [0.5, 0.6) is 11.5 Å². The van der Waals surface area contributed by atoms with E-state index in [1.165, 1.54) is 22.3 Å². The van der Waals surface area contributed by atoms with Crippen LogP contribution in [0.25, 0.3) is 0 Å². The molecule has 0 spiro atoms. The first-order chi connectivity index (χ1) is 13.1. The number of methoxy groups -OCH3 is 2. The SMILES string of the molecule is COc1ccc(CN(C(=O)Nc2ccc(C)cc2)n2cnnc2)cc1OC. The smallest absolute Gasteiger partial charge is 0.341 e. The number of carbonyl (C=O) groups excluding carboxylic acids is 1. The van der Waals surface area contributed by atoms with Crippen molar-refractivity contribution in [2.45, 2.75) is 13.5 Å². The molecule has 2 aromatic carbocycles. The molecule has 0 aliphatic carbocycles. The van der Waals surface area contributed by atoms with Crippen molar-refractivity contribution < 1.29 is 14.3 Å². The molecule has 8 nitrogen and oxygen atoms in total. The molecule has 0 aliphatic rings. The van der Waals surface area contributed by atoms with Crippen molar-refractivity contribution in [3.63, 3.8) is 0 Å². The number of aryl methyl sites for hydroxylation is 1. The molecule has 0 atom stereocenters. The molecular formula is C19H21N5O3. The van der Waals surface area contributed by atoms with Gasteiger partial charge in [0.15, 0.2) is 11.5 Å². The second-order valence-electron chi connectivity index (χ2n) is 5.89. The maximum absolute atomic E-state index is 12.9. The Labute approximate surface area is 157 Å². The van der Waals surface area contributed by atoms with E-state index in [0.717, 1.165) is 11.1 Å². The van der Waals surface area contributed by atoms with Crippen molar-refractivity contribution in [3.8, 4) is 11.5 Å². The van der Waals surface area contributed by atoms with Gasteiger partial charge in [0.25, 0.3) is 0 Å². The summed E-state index contributed by atoms with van der Waals surface area (Å²) >= 11 is 0. The number of hydrogen-bond donors (Lipinski definition) is 1. The van der Waals surface area contributed by atoms with Gasteiger partial charge >= 0.3 is 6.03 Å². The van der Waals surface area contributed by atoms with Crippen molar-refractivity contribution in [2.75, 3.05) is 24.5 Å². The van der Waals surface area contributed by atoms with E-state index in [2.05, 4.69) is 15.5 Å². The summed E-state index contributed by atoms with van der Waals surface area (Å²) < 4.78 is 12.1. The maximum atomic E-state index is 12.9. The highest BCUT2D eigenvalue weighted by atomic mass is 16.5. The van der Waals surface area contributed by atoms with Gasteiger partial charge < -0.3 is 14.8 Å². The molecule has 1 heterocycles. The van der Waals surface area contributed by atoms with Gasteiger partial charge in [-0.15, -0.1) is 10.2 Å². The molecule has 1 N–H and O–H groups in total. The van der Waals surface area contributed by atoms with Crippen LogP contribution < -0.4 is 19.8 Å². The normalized spacial score (nSPS) is 10.3. The number of nitrogens with one attached hydrogen (secondary N) is 1. The number of carbonyl (C=O) groups is 1. The van der Waals surface area contributed by atoms with E-state index < -0.39 is 0 Å². The first kappa shape index (κ1) is 18.2. The molecule has 0 fully saturated rings. The number of nitrogens with zero attached hydrogens (tertiary/aromatic N) is 4. The molecule has 0 radical (unpaired) electrons. The Hall–Kier alpha value is -3.55. The monoisotopic (exact) mass is 367 g/mol. The zero-order valence-electron chi connectivity index (χ0n) is 15.4. The first-order valence-corrected chi connectivity index (χ1v) is 8.31. The van der Waals surface area contributed by atoms with E-state index in [9.17, 15) is 4.79 Å². The summed E-state index contributed by atoms with van der Waals surface area (Å²) in [5.41, 5.74) is 2.69. The Balaban J connectivity index is 1.84. The van der Waals surface area contributed by atoms with Gasteiger partial charge in [0.05, 0.1) is 20.8 Å². The van der Waals surface area contributed by atoms with Gasteiger partial charge in [-0.2, -0.15) is 0 Å². The molecule has 1 aromatic heterocycles. The Morgan fingerprint density at radius 3 is 2.33 bits per heavy atom. The largest absolute Gasteiger partial charge is 0.493 e. The number of anilines is 1. The van der Waals surface area contributed by atoms with Gasteiger partial charge in [0.1, 0.15) is 12.7 Å². The predicted molar refractivity (Wildman–Crippen MR) is 102 cm³/mol. The minimum absolute atomic E-state index is 0.288. The molecule has 0 saturated heterocycles. The van der Waals surface area contributed by atoms with E-state index in [0.29, 0.717) is 17.2 Å². The summed E-state index contributed by atoms with van der Waals surface area (Å²) in [5.74, 6) is 1.22. The zero-order chi connectivity index (χ0) is 19.2. The van der Waals surface area contributed by atoms with Gasteiger partial charge in [-0.05, 0) is 36.8 Å². The number of ether oxygens (including phenoxy) is 2. The Morgan fingerprint density at radius 1 is 1.04 bits per heavy atom. The zero-order valence-corrected chi connectivity index (χ0v) is 15.4. The standard InChI is InChI=1S/C19H21N5O3/c1-14-4-7-16(8-5-14)22-19(25)24(23-12-20-21-13-23)11-15-6-9-17(26-2)18(10-15)27-3/h4-10,12-13H,11H2,1-3H3,(H,22,25). The van der Waals surface area contributed by atoms with E-state index in [1.807, 2.05) is 43.3 Å². The number of hydrogen-bond acceptors (Lipinski definition) is 5. The average molecular weight is 367 g/mol. The Morgan fingerprint density at radius 2 is 1.70 bits per heavy atom. The third-order valence-corrected chi connectivity index (χ3v) is 4.00. The summed E-state index contributed by atoms with van der Waals surface area (Å²) in [6.45, 7) is 2.28. The highest BCUT2D eigenvalue weighted by Crippen LogP contribution is 2.28. The quantitative estimate of drug-likeness (QED) is 0.724. The summed E-state index contributed by atoms with van der Waals surface area (Å²) in [7, 11) is 3.15. The van der Waals surface area contributed by atoms with E-state index in [1.54, 1.807) is 20.3 Å². The second kappa shape index (κ2) is 8.22. The van der Waals surface area contributed by atoms with Crippen LogP contribution >= 0.6 is 0 Å². The predicted octanol–water partition coefficient (Wildman–Crippen LogP) is 2.97. The van der Waals surface area contributed by atoms with Gasteiger partial charge in [-0.25, -0.2) is 14.5 Å². The topological polar surface area (TPSA) is 81.5 Å². The molecule has 0 saturated carbocycles. The molecule has 140 valence electrons. The highest BCUT2D eigenvalue weighted by molar-refractivity contribution is 5.96. The van der Waals surface area contributed by atoms with Crippen molar-refractivity contribution in [1.29, 1.82) is 0 Å². The number of benzene rings is 2. The number of rotatable bonds is 6. The molecule has 0 aliphatic heterocycles. The van der Waals surface area contributed by atoms with E-state index in [-0.39, 0.29) is 12.6 Å². The van der Waals surface area contributed by atoms with Gasteiger partial charge in [-0.1, -0.05) is 23.8 Å². The molecule has 0 bridgehead atoms. The van der Waals surface area contributed by atoms with Gasteiger partial charge in [0, 0.05) is 5.69 Å². The minimum Gasteiger partial charge on any atom is -0.493 e. The third kappa shape index (κ3) is 4.35. The van der Waals surface area contributed by atoms with E-state index >= 15 is 0 Å².